The van der Waals surface area contributed by atoms with E-state index in [9.17, 15) is 0 Å². The summed E-state index contributed by atoms with van der Waals surface area (Å²) in [4.78, 5) is 4.38. The number of nitrogens with zero attached hydrogens (tertiary/aromatic N) is 1. The van der Waals surface area contributed by atoms with E-state index in [0.717, 1.165) is 16.8 Å². The summed E-state index contributed by atoms with van der Waals surface area (Å²) in [6.45, 7) is 1.94. The zero-order chi connectivity index (χ0) is 12.3. The molecule has 0 aliphatic rings. The van der Waals surface area contributed by atoms with Crippen LogP contribution in [0.4, 0.5) is 5.69 Å². The summed E-state index contributed by atoms with van der Waals surface area (Å²) in [7, 11) is 0. The number of hydrogen-bond donors (Lipinski definition) is 1. The third-order valence-electron chi connectivity index (χ3n) is 2.48. The molecule has 0 spiro atoms. The summed E-state index contributed by atoms with van der Waals surface area (Å²) >= 11 is 6.01. The number of rotatable bonds is 2. The van der Waals surface area contributed by atoms with E-state index in [1.807, 2.05) is 25.1 Å². The Kier molecular flexibility index (Phi) is 3.45. The summed E-state index contributed by atoms with van der Waals surface area (Å²) in [6, 6.07) is 12.5. The minimum atomic E-state index is 0.251. The molecule has 0 aliphatic carbocycles. The van der Waals surface area contributed by atoms with Crippen LogP contribution in [0.2, 0.25) is 5.02 Å². The molecule has 0 unspecified atom stereocenters. The van der Waals surface area contributed by atoms with Crippen LogP contribution in [0.5, 0.6) is 5.75 Å². The van der Waals surface area contributed by atoms with Crippen LogP contribution in [0.25, 0.3) is 0 Å². The summed E-state index contributed by atoms with van der Waals surface area (Å²) in [5, 5.41) is 9.87. The monoisotopic (exact) mass is 245 g/mol. The average Bonchev–Trinajstić information content (AvgIpc) is 2.33. The fraction of sp³-hybridized carbons (Fsp3) is 0.0714. The van der Waals surface area contributed by atoms with Crippen molar-refractivity contribution in [3.8, 4) is 5.75 Å². The van der Waals surface area contributed by atoms with E-state index in [1.54, 1.807) is 30.5 Å². The largest absolute Gasteiger partial charge is 0.508 e. The zero-order valence-corrected chi connectivity index (χ0v) is 10.1. The van der Waals surface area contributed by atoms with Crippen molar-refractivity contribution in [1.82, 2.24) is 0 Å². The SMILES string of the molecule is Cc1c(Cl)cccc1/N=C/c1ccc(O)cc1. The molecule has 0 aliphatic heterocycles. The number of phenols is 1. The fourth-order valence-corrected chi connectivity index (χ4v) is 1.61. The average molecular weight is 246 g/mol. The van der Waals surface area contributed by atoms with Crippen LogP contribution >= 0.6 is 11.6 Å². The Bertz CT molecular complexity index is 547. The maximum Gasteiger partial charge on any atom is 0.115 e. The van der Waals surface area contributed by atoms with E-state index in [4.69, 9.17) is 16.7 Å². The summed E-state index contributed by atoms with van der Waals surface area (Å²) < 4.78 is 0. The molecule has 0 aromatic heterocycles. The van der Waals surface area contributed by atoms with E-state index < -0.39 is 0 Å². The third-order valence-corrected chi connectivity index (χ3v) is 2.89. The predicted octanol–water partition coefficient (Wildman–Crippen LogP) is 4.10. The van der Waals surface area contributed by atoms with E-state index in [0.29, 0.717) is 5.02 Å². The molecule has 0 atom stereocenters. The smallest absolute Gasteiger partial charge is 0.115 e. The van der Waals surface area contributed by atoms with E-state index in [2.05, 4.69) is 4.99 Å². The number of aliphatic imine (C=N–C) groups is 1. The molecule has 0 saturated heterocycles. The Hall–Kier alpha value is -1.80. The normalized spacial score (nSPS) is 10.9. The highest BCUT2D eigenvalue weighted by atomic mass is 35.5. The third kappa shape index (κ3) is 2.86. The zero-order valence-electron chi connectivity index (χ0n) is 9.39. The molecule has 0 bridgehead atoms. The molecule has 0 fully saturated rings. The minimum Gasteiger partial charge on any atom is -0.508 e. The van der Waals surface area contributed by atoms with Gasteiger partial charge in [0.1, 0.15) is 5.75 Å². The molecular formula is C14H12ClNO. The topological polar surface area (TPSA) is 32.6 Å². The maximum atomic E-state index is 9.16. The van der Waals surface area contributed by atoms with Crippen LogP contribution in [0.15, 0.2) is 47.5 Å². The molecule has 2 aromatic carbocycles. The van der Waals surface area contributed by atoms with Gasteiger partial charge in [-0.15, -0.1) is 0 Å². The summed E-state index contributed by atoms with van der Waals surface area (Å²) in [5.41, 5.74) is 2.75. The molecule has 2 rings (SSSR count). The van der Waals surface area contributed by atoms with Crippen LogP contribution < -0.4 is 0 Å². The van der Waals surface area contributed by atoms with Crippen molar-refractivity contribution >= 4 is 23.5 Å². The van der Waals surface area contributed by atoms with Gasteiger partial charge in [0.25, 0.3) is 0 Å². The second-order valence-corrected chi connectivity index (χ2v) is 4.14. The Balaban J connectivity index is 2.26. The fourth-order valence-electron chi connectivity index (χ4n) is 1.44. The minimum absolute atomic E-state index is 0.251. The van der Waals surface area contributed by atoms with Gasteiger partial charge in [-0.1, -0.05) is 17.7 Å². The van der Waals surface area contributed by atoms with Crippen LogP contribution in [0.3, 0.4) is 0 Å². The highest BCUT2D eigenvalue weighted by Gasteiger charge is 1.99. The lowest BCUT2D eigenvalue weighted by atomic mass is 10.2. The van der Waals surface area contributed by atoms with Crippen molar-refractivity contribution in [3.63, 3.8) is 0 Å². The van der Waals surface area contributed by atoms with Crippen molar-refractivity contribution in [3.05, 3.63) is 58.6 Å². The van der Waals surface area contributed by atoms with Crippen LogP contribution in [-0.2, 0) is 0 Å². The summed E-state index contributed by atoms with van der Waals surface area (Å²) in [5.74, 6) is 0.251. The molecule has 3 heteroatoms. The second-order valence-electron chi connectivity index (χ2n) is 3.73. The van der Waals surface area contributed by atoms with Gasteiger partial charge in [-0.05, 0) is 54.4 Å². The lowest BCUT2D eigenvalue weighted by Gasteiger charge is -2.01. The maximum absolute atomic E-state index is 9.16. The standard InChI is InChI=1S/C14H12ClNO/c1-10-13(15)3-2-4-14(10)16-9-11-5-7-12(17)8-6-11/h2-9,17H,1H3/b16-9+. The number of phenolic OH excluding ortho intramolecular Hbond substituents is 1. The Morgan fingerprint density at radius 3 is 2.53 bits per heavy atom. The highest BCUT2D eigenvalue weighted by Crippen LogP contribution is 2.25. The van der Waals surface area contributed by atoms with Gasteiger partial charge in [0.2, 0.25) is 0 Å². The lowest BCUT2D eigenvalue weighted by molar-refractivity contribution is 0.475. The highest BCUT2D eigenvalue weighted by molar-refractivity contribution is 6.31. The Labute approximate surface area is 105 Å². The molecule has 17 heavy (non-hydrogen) atoms. The van der Waals surface area contributed by atoms with Gasteiger partial charge >= 0.3 is 0 Å². The first kappa shape index (κ1) is 11.7. The Morgan fingerprint density at radius 1 is 1.12 bits per heavy atom. The van der Waals surface area contributed by atoms with Gasteiger partial charge in [-0.2, -0.15) is 0 Å². The molecule has 2 aromatic rings. The first-order valence-corrected chi connectivity index (χ1v) is 5.63. The molecule has 0 saturated carbocycles. The van der Waals surface area contributed by atoms with Crippen molar-refractivity contribution in [2.75, 3.05) is 0 Å². The molecular weight excluding hydrogens is 234 g/mol. The summed E-state index contributed by atoms with van der Waals surface area (Å²) in [6.07, 6.45) is 1.75. The molecule has 1 N–H and O–H groups in total. The van der Waals surface area contributed by atoms with Gasteiger partial charge in [-0.3, -0.25) is 4.99 Å². The van der Waals surface area contributed by atoms with Gasteiger partial charge in [0.15, 0.2) is 0 Å². The van der Waals surface area contributed by atoms with E-state index in [-0.39, 0.29) is 5.75 Å². The van der Waals surface area contributed by atoms with E-state index in [1.165, 1.54) is 0 Å². The van der Waals surface area contributed by atoms with E-state index >= 15 is 0 Å². The van der Waals surface area contributed by atoms with Crippen molar-refractivity contribution < 1.29 is 5.11 Å². The van der Waals surface area contributed by atoms with Crippen LogP contribution in [0, 0.1) is 6.92 Å². The predicted molar refractivity (Wildman–Crippen MR) is 71.5 cm³/mol. The van der Waals surface area contributed by atoms with Crippen molar-refractivity contribution in [1.29, 1.82) is 0 Å². The Morgan fingerprint density at radius 2 is 1.82 bits per heavy atom. The van der Waals surface area contributed by atoms with Gasteiger partial charge < -0.3 is 5.11 Å². The van der Waals surface area contributed by atoms with Gasteiger partial charge in [-0.25, -0.2) is 0 Å². The van der Waals surface area contributed by atoms with Crippen molar-refractivity contribution in [2.24, 2.45) is 4.99 Å². The molecule has 86 valence electrons. The second kappa shape index (κ2) is 5.02. The number of halogens is 1. The van der Waals surface area contributed by atoms with Crippen LogP contribution in [-0.4, -0.2) is 11.3 Å². The lowest BCUT2D eigenvalue weighted by Crippen LogP contribution is -1.81. The van der Waals surface area contributed by atoms with Gasteiger partial charge in [0.05, 0.1) is 5.69 Å². The first-order valence-electron chi connectivity index (χ1n) is 5.25. The number of aromatic hydroxyl groups is 1. The molecule has 0 heterocycles. The molecule has 2 nitrogen and oxygen atoms in total. The van der Waals surface area contributed by atoms with Crippen LogP contribution in [0.1, 0.15) is 11.1 Å². The first-order chi connectivity index (χ1) is 8.16. The van der Waals surface area contributed by atoms with Crippen molar-refractivity contribution in [2.45, 2.75) is 6.92 Å². The quantitative estimate of drug-likeness (QED) is 0.794. The van der Waals surface area contributed by atoms with Gasteiger partial charge in [0, 0.05) is 11.2 Å². The molecule has 0 radical (unpaired) electrons. The number of hydrogen-bond acceptors (Lipinski definition) is 2. The number of benzene rings is 2. The molecule has 0 amide bonds.